The quantitative estimate of drug-likeness (QED) is 0.465. The molecule has 0 spiro atoms. The van der Waals surface area contributed by atoms with Gasteiger partial charge in [-0.05, 0) is 82.1 Å². The van der Waals surface area contributed by atoms with Crippen molar-refractivity contribution in [3.63, 3.8) is 0 Å². The number of benzene rings is 2. The number of hydrogen-bond donors (Lipinski definition) is 2. The zero-order valence-corrected chi connectivity index (χ0v) is 20.7. The number of rotatable bonds is 9. The van der Waals surface area contributed by atoms with Crippen LogP contribution in [0.2, 0.25) is 0 Å². The number of methoxy groups -OCH3 is 1. The minimum Gasteiger partial charge on any atom is -0.496 e. The summed E-state index contributed by atoms with van der Waals surface area (Å²) in [4.78, 5) is 11.4. The lowest BCUT2D eigenvalue weighted by Gasteiger charge is -2.20. The fourth-order valence-electron chi connectivity index (χ4n) is 3.59. The van der Waals surface area contributed by atoms with Crippen molar-refractivity contribution in [2.45, 2.75) is 39.5 Å². The molecule has 1 heterocycles. The van der Waals surface area contributed by atoms with Crippen molar-refractivity contribution in [3.05, 3.63) is 59.4 Å². The van der Waals surface area contributed by atoms with Crippen LogP contribution >= 0.6 is 0 Å². The average molecular weight is 470 g/mol. The van der Waals surface area contributed by atoms with Crippen molar-refractivity contribution in [3.8, 4) is 5.75 Å². The summed E-state index contributed by atoms with van der Waals surface area (Å²) in [6, 6.07) is 12.2. The monoisotopic (exact) mass is 469 g/mol. The van der Waals surface area contributed by atoms with Crippen LogP contribution in [0.5, 0.6) is 5.75 Å². The zero-order chi connectivity index (χ0) is 24.2. The van der Waals surface area contributed by atoms with Crippen molar-refractivity contribution in [1.82, 2.24) is 9.97 Å². The Hall–Kier alpha value is -3.33. The number of aromatic nitrogens is 2. The second-order valence-electron chi connectivity index (χ2n) is 7.65. The lowest BCUT2D eigenvalue weighted by atomic mass is 10.1. The average Bonchev–Trinajstić information content (AvgIpc) is 2.77. The Bertz CT molecular complexity index is 1220. The third-order valence-corrected chi connectivity index (χ3v) is 7.04. The van der Waals surface area contributed by atoms with E-state index in [1.54, 1.807) is 50.4 Å². The maximum Gasteiger partial charge on any atom is 0.262 e. The first kappa shape index (κ1) is 24.3. The van der Waals surface area contributed by atoms with Gasteiger partial charge in [0.1, 0.15) is 23.2 Å². The number of aryl methyl sites for hydroxylation is 1. The molecule has 0 radical (unpaired) electrons. The molecule has 0 saturated heterocycles. The van der Waals surface area contributed by atoms with Crippen LogP contribution in [-0.4, -0.2) is 38.6 Å². The molecule has 0 atom stereocenters. The molecule has 0 aliphatic heterocycles. The normalized spacial score (nSPS) is 11.2. The van der Waals surface area contributed by atoms with Crippen molar-refractivity contribution in [2.75, 3.05) is 35.1 Å². The summed E-state index contributed by atoms with van der Waals surface area (Å²) in [5, 5.41) is 3.27. The van der Waals surface area contributed by atoms with Gasteiger partial charge in [-0.25, -0.2) is 18.4 Å². The van der Waals surface area contributed by atoms with Crippen LogP contribution in [0.15, 0.2) is 47.4 Å². The van der Waals surface area contributed by atoms with E-state index < -0.39 is 10.0 Å². The Kier molecular flexibility index (Phi) is 7.43. The summed E-state index contributed by atoms with van der Waals surface area (Å²) >= 11 is 0. The molecule has 0 saturated carbocycles. The van der Waals surface area contributed by atoms with Gasteiger partial charge in [0.05, 0.1) is 12.0 Å². The lowest BCUT2D eigenvalue weighted by Crippen LogP contribution is -2.23. The first-order valence-electron chi connectivity index (χ1n) is 10.8. The van der Waals surface area contributed by atoms with Crippen molar-refractivity contribution in [1.29, 1.82) is 0 Å². The van der Waals surface area contributed by atoms with Gasteiger partial charge in [0, 0.05) is 30.5 Å². The molecule has 0 aliphatic carbocycles. The first-order valence-corrected chi connectivity index (χ1v) is 12.3. The summed E-state index contributed by atoms with van der Waals surface area (Å²) in [5.74, 6) is 2.88. The van der Waals surface area contributed by atoms with E-state index in [0.29, 0.717) is 28.6 Å². The largest absolute Gasteiger partial charge is 0.496 e. The summed E-state index contributed by atoms with van der Waals surface area (Å²) in [6.45, 7) is 11.4. The van der Waals surface area contributed by atoms with Gasteiger partial charge in [0.2, 0.25) is 0 Å². The molecule has 0 fully saturated rings. The molecule has 176 valence electrons. The predicted octanol–water partition coefficient (Wildman–Crippen LogP) is 4.80. The Morgan fingerprint density at radius 3 is 2.15 bits per heavy atom. The fourth-order valence-corrected chi connectivity index (χ4v) is 4.95. The number of ether oxygens (including phenoxy) is 1. The van der Waals surface area contributed by atoms with Crippen LogP contribution < -0.4 is 19.7 Å². The van der Waals surface area contributed by atoms with E-state index in [1.807, 2.05) is 19.9 Å². The molecule has 33 heavy (non-hydrogen) atoms. The van der Waals surface area contributed by atoms with Crippen LogP contribution in [-0.2, 0) is 10.0 Å². The molecule has 1 aromatic heterocycles. The summed E-state index contributed by atoms with van der Waals surface area (Å²) < 4.78 is 33.8. The highest BCUT2D eigenvalue weighted by Gasteiger charge is 2.19. The highest BCUT2D eigenvalue weighted by atomic mass is 32.2. The number of anilines is 4. The maximum absolute atomic E-state index is 13.0. The zero-order valence-electron chi connectivity index (χ0n) is 19.9. The fraction of sp³-hybridized carbons (Fsp3) is 0.333. The highest BCUT2D eigenvalue weighted by molar-refractivity contribution is 7.92. The Balaban J connectivity index is 1.78. The van der Waals surface area contributed by atoms with Crippen LogP contribution in [0, 0.1) is 20.8 Å². The van der Waals surface area contributed by atoms with Crippen molar-refractivity contribution in [2.24, 2.45) is 0 Å². The molecule has 3 aromatic rings. The number of sulfonamides is 1. The van der Waals surface area contributed by atoms with Gasteiger partial charge in [-0.2, -0.15) is 0 Å². The first-order chi connectivity index (χ1) is 15.7. The van der Waals surface area contributed by atoms with E-state index >= 15 is 0 Å². The van der Waals surface area contributed by atoms with E-state index in [4.69, 9.17) is 4.74 Å². The second kappa shape index (κ2) is 10.1. The topological polar surface area (TPSA) is 96.5 Å². The molecule has 3 rings (SSSR count). The van der Waals surface area contributed by atoms with Crippen LogP contribution in [0.25, 0.3) is 0 Å². The number of nitrogens with zero attached hydrogens (tertiary/aromatic N) is 3. The third-order valence-electron chi connectivity index (χ3n) is 5.52. The Labute approximate surface area is 196 Å². The Morgan fingerprint density at radius 2 is 1.55 bits per heavy atom. The van der Waals surface area contributed by atoms with E-state index in [2.05, 4.69) is 38.8 Å². The van der Waals surface area contributed by atoms with Crippen molar-refractivity contribution < 1.29 is 13.2 Å². The molecule has 9 heteroatoms. The van der Waals surface area contributed by atoms with Gasteiger partial charge in [-0.15, -0.1) is 0 Å². The number of nitrogens with one attached hydrogen (secondary N) is 2. The van der Waals surface area contributed by atoms with Crippen LogP contribution in [0.1, 0.15) is 30.8 Å². The minimum absolute atomic E-state index is 0.225. The maximum atomic E-state index is 13.0. The van der Waals surface area contributed by atoms with E-state index in [0.717, 1.165) is 30.2 Å². The van der Waals surface area contributed by atoms with Crippen LogP contribution in [0.3, 0.4) is 0 Å². The predicted molar refractivity (Wildman–Crippen MR) is 133 cm³/mol. The van der Waals surface area contributed by atoms with Crippen molar-refractivity contribution >= 4 is 33.0 Å². The molecular formula is C24H31N5O3S. The van der Waals surface area contributed by atoms with E-state index in [-0.39, 0.29) is 4.90 Å². The molecule has 2 N–H and O–H groups in total. The molecule has 0 unspecified atom stereocenters. The molecule has 0 amide bonds. The third kappa shape index (κ3) is 5.54. The summed E-state index contributed by atoms with van der Waals surface area (Å²) in [7, 11) is -2.18. The molecular weight excluding hydrogens is 438 g/mol. The minimum atomic E-state index is -3.74. The van der Waals surface area contributed by atoms with Gasteiger partial charge < -0.3 is 15.0 Å². The Morgan fingerprint density at radius 1 is 0.909 bits per heavy atom. The van der Waals surface area contributed by atoms with Crippen LogP contribution in [0.4, 0.5) is 23.0 Å². The van der Waals surface area contributed by atoms with Gasteiger partial charge >= 0.3 is 0 Å². The van der Waals surface area contributed by atoms with Gasteiger partial charge in [-0.3, -0.25) is 4.72 Å². The van der Waals surface area contributed by atoms with Gasteiger partial charge in [0.15, 0.2) is 0 Å². The second-order valence-corrected chi connectivity index (χ2v) is 9.31. The van der Waals surface area contributed by atoms with E-state index in [9.17, 15) is 8.42 Å². The highest BCUT2D eigenvalue weighted by Crippen LogP contribution is 2.28. The smallest absolute Gasteiger partial charge is 0.262 e. The summed E-state index contributed by atoms with van der Waals surface area (Å²) in [5.41, 5.74) is 2.71. The number of hydrogen-bond acceptors (Lipinski definition) is 7. The molecule has 0 bridgehead atoms. The van der Waals surface area contributed by atoms with Gasteiger partial charge in [-0.1, -0.05) is 0 Å². The molecule has 8 nitrogen and oxygen atoms in total. The molecule has 2 aromatic carbocycles. The SMILES string of the molecule is CCN(CC)c1cc(Nc2ccc(NS(=O)(=O)c3ccc(OC)c(C)c3C)cc2)nc(C)n1. The lowest BCUT2D eigenvalue weighted by molar-refractivity contribution is 0.411. The van der Waals surface area contributed by atoms with E-state index in [1.165, 1.54) is 0 Å². The summed E-state index contributed by atoms with van der Waals surface area (Å²) in [6.07, 6.45) is 0. The molecule has 0 aliphatic rings. The van der Waals surface area contributed by atoms with Gasteiger partial charge in [0.25, 0.3) is 10.0 Å². The standard InChI is InChI=1S/C24H31N5O3S/c1-7-29(8-2)24-15-23(25-18(5)26-24)27-19-9-11-20(12-10-19)28-33(30,31)22-14-13-21(32-6)16(3)17(22)4/h9-15,28H,7-8H2,1-6H3,(H,25,26,27).